The van der Waals surface area contributed by atoms with Crippen molar-refractivity contribution in [1.29, 1.82) is 0 Å². The maximum atomic E-state index is 10.2. The molecule has 4 N–H and O–H groups in total. The molecule has 1 saturated carbocycles. The molecule has 0 bridgehead atoms. The van der Waals surface area contributed by atoms with Crippen LogP contribution in [-0.4, -0.2) is 75.3 Å². The van der Waals surface area contributed by atoms with E-state index >= 15 is 0 Å². The van der Waals surface area contributed by atoms with E-state index in [1.165, 1.54) is 11.5 Å². The van der Waals surface area contributed by atoms with E-state index in [0.717, 1.165) is 0 Å². The van der Waals surface area contributed by atoms with Crippen LogP contribution in [0.15, 0.2) is 0 Å². The third-order valence-corrected chi connectivity index (χ3v) is 4.45. The zero-order chi connectivity index (χ0) is 14.5. The van der Waals surface area contributed by atoms with Gasteiger partial charge in [0.05, 0.1) is 18.8 Å². The second kappa shape index (κ2) is 4.78. The number of aliphatic hydroxyl groups is 3. The Labute approximate surface area is 120 Å². The van der Waals surface area contributed by atoms with Gasteiger partial charge in [-0.25, -0.2) is 0 Å². The van der Waals surface area contributed by atoms with Crippen LogP contribution in [0.1, 0.15) is 6.42 Å². The lowest BCUT2D eigenvalue weighted by Gasteiger charge is -2.38. The fourth-order valence-electron chi connectivity index (χ4n) is 2.40. The highest BCUT2D eigenvalue weighted by atomic mass is 32.1. The molecule has 112 valence electrons. The van der Waals surface area contributed by atoms with Crippen molar-refractivity contribution in [3.05, 3.63) is 0 Å². The molecule has 1 spiro atoms. The predicted octanol–water partition coefficient (Wildman–Crippen LogP) is -1.36. The molecule has 0 amide bonds. The minimum Gasteiger partial charge on any atom is -0.390 e. The molecule has 0 radical (unpaired) electrons. The highest BCUT2D eigenvalue weighted by molar-refractivity contribution is 7.09. The molecule has 0 aromatic carbocycles. The average Bonchev–Trinajstić information content (AvgIpc) is 2.85. The van der Waals surface area contributed by atoms with E-state index in [1.54, 1.807) is 4.90 Å². The molecule has 0 unspecified atom stereocenters. The first kappa shape index (κ1) is 14.0. The number of aromatic nitrogens is 2. The highest BCUT2D eigenvalue weighted by Gasteiger charge is 2.65. The van der Waals surface area contributed by atoms with Gasteiger partial charge in [-0.1, -0.05) is 0 Å². The molecule has 8 nitrogen and oxygen atoms in total. The van der Waals surface area contributed by atoms with Crippen molar-refractivity contribution in [2.75, 3.05) is 30.9 Å². The average molecular weight is 302 g/mol. The largest absolute Gasteiger partial charge is 0.390 e. The summed E-state index contributed by atoms with van der Waals surface area (Å²) in [7, 11) is 3.68. The molecule has 1 aliphatic heterocycles. The standard InChI is InChI=1S/C11H18N4O4S/c1-15(2)9-13-10(20-14-9)12-5-4-19-11(3-6(11)16)8(18)7(5)17/h5-8,16-18H,3-4H2,1-2H3,(H,12,13,14)/t5-,6+,7-,8-,11+/m1/s1. The Hall–Kier alpha value is -1.00. The molecule has 20 heavy (non-hydrogen) atoms. The SMILES string of the molecule is CN(C)c1nsc(N[C@@H]2CO[C@]3(C[C@@H]3O)[C@H](O)[C@@H]2O)n1. The zero-order valence-electron chi connectivity index (χ0n) is 11.2. The minimum atomic E-state index is -1.11. The number of nitrogens with one attached hydrogen (secondary N) is 1. The van der Waals surface area contributed by atoms with Crippen LogP contribution in [0.3, 0.4) is 0 Å². The van der Waals surface area contributed by atoms with Gasteiger partial charge in [-0.05, 0) is 0 Å². The first-order valence-corrected chi connectivity index (χ1v) is 7.17. The molecule has 9 heteroatoms. The maximum absolute atomic E-state index is 10.2. The first-order valence-electron chi connectivity index (χ1n) is 6.40. The fourth-order valence-corrected chi connectivity index (χ4v) is 3.09. The van der Waals surface area contributed by atoms with Crippen molar-refractivity contribution in [1.82, 2.24) is 9.36 Å². The molecule has 3 rings (SSSR count). The highest BCUT2D eigenvalue weighted by Crippen LogP contribution is 2.47. The Bertz CT molecular complexity index is 499. The van der Waals surface area contributed by atoms with Crippen molar-refractivity contribution in [2.45, 2.75) is 36.4 Å². The molecule has 1 aromatic heterocycles. The van der Waals surface area contributed by atoms with Gasteiger partial charge in [0.15, 0.2) is 0 Å². The van der Waals surface area contributed by atoms with Crippen molar-refractivity contribution in [3.63, 3.8) is 0 Å². The van der Waals surface area contributed by atoms with E-state index in [-0.39, 0.29) is 6.61 Å². The lowest BCUT2D eigenvalue weighted by Crippen LogP contribution is -2.58. The van der Waals surface area contributed by atoms with Crippen LogP contribution in [-0.2, 0) is 4.74 Å². The third kappa shape index (κ3) is 2.15. The van der Waals surface area contributed by atoms with E-state index in [2.05, 4.69) is 14.7 Å². The summed E-state index contributed by atoms with van der Waals surface area (Å²) in [4.78, 5) is 6.03. The van der Waals surface area contributed by atoms with Crippen molar-refractivity contribution in [2.24, 2.45) is 0 Å². The van der Waals surface area contributed by atoms with E-state index in [1.807, 2.05) is 14.1 Å². The predicted molar refractivity (Wildman–Crippen MR) is 73.0 cm³/mol. The minimum absolute atomic E-state index is 0.201. The van der Waals surface area contributed by atoms with Gasteiger partial charge in [-0.15, -0.1) is 0 Å². The van der Waals surface area contributed by atoms with Gasteiger partial charge in [0, 0.05) is 32.0 Å². The molecule has 2 fully saturated rings. The molecule has 1 aliphatic carbocycles. The number of nitrogens with zero attached hydrogens (tertiary/aromatic N) is 3. The normalized spacial score (nSPS) is 39.9. The van der Waals surface area contributed by atoms with E-state index in [9.17, 15) is 15.3 Å². The summed E-state index contributed by atoms with van der Waals surface area (Å²) >= 11 is 1.18. The van der Waals surface area contributed by atoms with Crippen LogP contribution in [0, 0.1) is 0 Å². The fraction of sp³-hybridized carbons (Fsp3) is 0.818. The molecule has 5 atom stereocenters. The Balaban J connectivity index is 1.66. The summed E-state index contributed by atoms with van der Waals surface area (Å²) in [6.07, 6.45) is -2.46. The van der Waals surface area contributed by atoms with Gasteiger partial charge in [-0.3, -0.25) is 0 Å². The quantitative estimate of drug-likeness (QED) is 0.542. The maximum Gasteiger partial charge on any atom is 0.238 e. The number of anilines is 2. The molecular formula is C11H18N4O4S. The van der Waals surface area contributed by atoms with Gasteiger partial charge in [-0.2, -0.15) is 9.36 Å². The summed E-state index contributed by atoms with van der Waals surface area (Å²) in [6.45, 7) is 0.201. The van der Waals surface area contributed by atoms with Gasteiger partial charge in [0.25, 0.3) is 0 Å². The van der Waals surface area contributed by atoms with Crippen LogP contribution in [0.25, 0.3) is 0 Å². The van der Waals surface area contributed by atoms with Crippen LogP contribution in [0.2, 0.25) is 0 Å². The van der Waals surface area contributed by atoms with Crippen LogP contribution < -0.4 is 10.2 Å². The zero-order valence-corrected chi connectivity index (χ0v) is 12.0. The number of aliphatic hydroxyl groups excluding tert-OH is 3. The van der Waals surface area contributed by atoms with E-state index in [0.29, 0.717) is 17.5 Å². The van der Waals surface area contributed by atoms with Crippen molar-refractivity contribution >= 4 is 22.6 Å². The van der Waals surface area contributed by atoms with Gasteiger partial charge < -0.3 is 30.3 Å². The second-order valence-corrected chi connectivity index (χ2v) is 6.22. The number of hydrogen-bond acceptors (Lipinski definition) is 9. The molecule has 2 heterocycles. The van der Waals surface area contributed by atoms with Gasteiger partial charge in [0.2, 0.25) is 11.1 Å². The summed E-state index contributed by atoms with van der Waals surface area (Å²) in [5.41, 5.74) is -0.979. The Kier molecular flexibility index (Phi) is 3.33. The van der Waals surface area contributed by atoms with Crippen molar-refractivity contribution in [3.8, 4) is 0 Å². The number of ether oxygens (including phenoxy) is 1. The Morgan fingerprint density at radius 3 is 2.65 bits per heavy atom. The summed E-state index contributed by atoms with van der Waals surface area (Å²) < 4.78 is 9.68. The van der Waals surface area contributed by atoms with Crippen LogP contribution in [0.4, 0.5) is 11.1 Å². The summed E-state index contributed by atoms with van der Waals surface area (Å²) in [5, 5.41) is 33.3. The molecule has 2 aliphatic rings. The van der Waals surface area contributed by atoms with Gasteiger partial charge >= 0.3 is 0 Å². The lowest BCUT2D eigenvalue weighted by atomic mass is 9.96. The smallest absolute Gasteiger partial charge is 0.238 e. The Morgan fingerprint density at radius 1 is 1.40 bits per heavy atom. The topological polar surface area (TPSA) is 111 Å². The number of rotatable bonds is 3. The summed E-state index contributed by atoms with van der Waals surface area (Å²) in [5.74, 6) is 0.582. The summed E-state index contributed by atoms with van der Waals surface area (Å²) in [6, 6.07) is -0.480. The Morgan fingerprint density at radius 2 is 2.10 bits per heavy atom. The molecule has 1 aromatic rings. The lowest BCUT2D eigenvalue weighted by molar-refractivity contribution is -0.167. The van der Waals surface area contributed by atoms with Gasteiger partial charge in [0.1, 0.15) is 17.8 Å². The van der Waals surface area contributed by atoms with E-state index in [4.69, 9.17) is 4.74 Å². The van der Waals surface area contributed by atoms with Crippen LogP contribution >= 0.6 is 11.5 Å². The van der Waals surface area contributed by atoms with E-state index < -0.39 is 30.0 Å². The first-order chi connectivity index (χ1) is 9.44. The molecular weight excluding hydrogens is 284 g/mol. The number of hydrogen-bond donors (Lipinski definition) is 4. The third-order valence-electron chi connectivity index (χ3n) is 3.81. The monoisotopic (exact) mass is 302 g/mol. The van der Waals surface area contributed by atoms with Crippen LogP contribution in [0.5, 0.6) is 0 Å². The molecule has 1 saturated heterocycles. The van der Waals surface area contributed by atoms with Crippen molar-refractivity contribution < 1.29 is 20.1 Å². The second-order valence-electron chi connectivity index (χ2n) is 5.47.